The number of carbonyl (C=O) groups excluding carboxylic acids is 7. The molecule has 12 rings (SSSR count). The highest BCUT2D eigenvalue weighted by molar-refractivity contribution is 7.87. The van der Waals surface area contributed by atoms with Crippen molar-refractivity contribution in [3.8, 4) is 0 Å². The molecule has 12 unspecified atom stereocenters. The second-order valence-electron chi connectivity index (χ2n) is 29.3. The molecule has 466 valence electrons. The molecule has 0 aromatic rings. The van der Waals surface area contributed by atoms with E-state index in [1.54, 1.807) is 27.7 Å². The van der Waals surface area contributed by atoms with Gasteiger partial charge in [-0.2, -0.15) is 8.42 Å². The Morgan fingerprint density at radius 1 is 0.610 bits per heavy atom. The molecule has 19 heteroatoms. The molecular weight excluding hydrogens is 1080 g/mol. The first-order valence-corrected chi connectivity index (χ1v) is 32.6. The summed E-state index contributed by atoms with van der Waals surface area (Å²) in [5, 5.41) is 10.2. The Balaban J connectivity index is 0.000000159. The Bertz CT molecular complexity index is 2460. The summed E-state index contributed by atoms with van der Waals surface area (Å²) in [6.07, 6.45) is 15.6. The molecule has 82 heavy (non-hydrogen) atoms. The molecule has 0 aromatic carbocycles. The molecule has 12 fully saturated rings. The van der Waals surface area contributed by atoms with Gasteiger partial charge in [-0.3, -0.25) is 28.2 Å². The van der Waals surface area contributed by atoms with E-state index in [4.69, 9.17) is 37.3 Å². The molecule has 18 nitrogen and oxygen atoms in total. The van der Waals surface area contributed by atoms with Crippen LogP contribution >= 0.6 is 0 Å². The molecule has 0 amide bonds. The monoisotopic (exact) mass is 1180 g/mol. The fraction of sp³-hybridized carbons (Fsp3) is 0.889. The van der Waals surface area contributed by atoms with Crippen LogP contribution in [0.2, 0.25) is 0 Å². The van der Waals surface area contributed by atoms with Crippen LogP contribution in [0.3, 0.4) is 0 Å². The van der Waals surface area contributed by atoms with E-state index >= 15 is 0 Å². The SMILES string of the molecule is CCC(C)(C)C(=O)OC1(C(C)C)CCCC1.CCC(C)(C)C(=O)OC12CC3CC(CC(O)(C3)C1)C2.CCC(C)(C)C(=O)OCC(=O)OC1C2CC3C1OS(=O)(=O)C3C2.CCC(C)(C)C(=O)OCC(=O)OC1C2CC3CC(C2)C(=O)OC1C3. The average Bonchev–Trinajstić information content (AvgIpc) is 4.27. The summed E-state index contributed by atoms with van der Waals surface area (Å²) in [7, 11) is -3.53. The molecule has 0 radical (unpaired) electrons. The molecule has 9 saturated carbocycles. The van der Waals surface area contributed by atoms with Gasteiger partial charge in [-0.1, -0.05) is 41.5 Å². The number of esters is 7. The highest BCUT2D eigenvalue weighted by Gasteiger charge is 2.66. The van der Waals surface area contributed by atoms with Gasteiger partial charge in [0.1, 0.15) is 35.6 Å². The molecule has 10 bridgehead atoms. The molecule has 1 N–H and O–H groups in total. The number of rotatable bonds is 17. The van der Waals surface area contributed by atoms with Gasteiger partial charge in [0.2, 0.25) is 0 Å². The Hall–Kier alpha value is -3.84. The van der Waals surface area contributed by atoms with Gasteiger partial charge < -0.3 is 38.3 Å². The third-order valence-electron chi connectivity index (χ3n) is 21.3. The lowest BCUT2D eigenvalue weighted by molar-refractivity contribution is -0.225. The zero-order chi connectivity index (χ0) is 60.8. The van der Waals surface area contributed by atoms with Gasteiger partial charge in [-0.05, 0) is 201 Å². The van der Waals surface area contributed by atoms with E-state index in [-0.39, 0.29) is 70.9 Å². The number of fused-ring (bicyclic) bond motifs is 2. The van der Waals surface area contributed by atoms with Crippen molar-refractivity contribution in [2.45, 2.75) is 272 Å². The van der Waals surface area contributed by atoms with E-state index in [9.17, 15) is 47.1 Å². The van der Waals surface area contributed by atoms with Crippen molar-refractivity contribution >= 4 is 51.9 Å². The van der Waals surface area contributed by atoms with Crippen molar-refractivity contribution in [2.75, 3.05) is 13.2 Å². The van der Waals surface area contributed by atoms with Gasteiger partial charge in [0.15, 0.2) is 13.2 Å². The second kappa shape index (κ2) is 24.9. The first kappa shape index (κ1) is 65.7. The molecule has 3 saturated heterocycles. The zero-order valence-electron chi connectivity index (χ0n) is 51.9. The van der Waals surface area contributed by atoms with Crippen LogP contribution in [0, 0.1) is 69.0 Å². The van der Waals surface area contributed by atoms with E-state index in [1.807, 2.05) is 55.4 Å². The van der Waals surface area contributed by atoms with Gasteiger partial charge in [-0.15, -0.1) is 0 Å². The highest BCUT2D eigenvalue weighted by atomic mass is 32.2. The molecule has 0 spiro atoms. The van der Waals surface area contributed by atoms with Crippen LogP contribution in [0.5, 0.6) is 0 Å². The van der Waals surface area contributed by atoms with Crippen LogP contribution in [0.15, 0.2) is 0 Å². The minimum Gasteiger partial charge on any atom is -0.459 e. The minimum absolute atomic E-state index is 0.0130. The average molecular weight is 1180 g/mol. The summed E-state index contributed by atoms with van der Waals surface area (Å²) in [5.74, 6) is -0.258. The predicted molar refractivity (Wildman–Crippen MR) is 301 cm³/mol. The van der Waals surface area contributed by atoms with Crippen LogP contribution in [-0.4, -0.2) is 115 Å². The second-order valence-corrected chi connectivity index (χ2v) is 31.1. The van der Waals surface area contributed by atoms with Crippen LogP contribution in [0.4, 0.5) is 0 Å². The van der Waals surface area contributed by atoms with Crippen LogP contribution in [0.25, 0.3) is 0 Å². The molecule has 0 aromatic heterocycles. The van der Waals surface area contributed by atoms with Gasteiger partial charge in [0, 0.05) is 24.2 Å². The van der Waals surface area contributed by atoms with E-state index in [0.29, 0.717) is 55.8 Å². The number of hydrogen-bond acceptors (Lipinski definition) is 18. The van der Waals surface area contributed by atoms with E-state index in [1.165, 1.54) is 19.3 Å². The molecule has 9 aliphatic carbocycles. The summed E-state index contributed by atoms with van der Waals surface area (Å²) < 4.78 is 67.2. The van der Waals surface area contributed by atoms with Crippen LogP contribution in [-0.2, 0) is 81.0 Å². The van der Waals surface area contributed by atoms with Crippen molar-refractivity contribution < 1.29 is 84.4 Å². The number of hydrogen-bond donors (Lipinski definition) is 1. The molecule has 12 atom stereocenters. The third-order valence-corrected chi connectivity index (χ3v) is 23.0. The first-order chi connectivity index (χ1) is 38.0. The Labute approximate surface area is 488 Å². The maximum atomic E-state index is 12.4. The maximum absolute atomic E-state index is 12.4. The van der Waals surface area contributed by atoms with Gasteiger partial charge in [0.05, 0.1) is 38.4 Å². The summed E-state index contributed by atoms with van der Waals surface area (Å²) in [6, 6.07) is 0. The summed E-state index contributed by atoms with van der Waals surface area (Å²) in [4.78, 5) is 84.4. The smallest absolute Gasteiger partial charge is 0.344 e. The summed E-state index contributed by atoms with van der Waals surface area (Å²) >= 11 is 0. The summed E-state index contributed by atoms with van der Waals surface area (Å²) in [5.41, 5.74) is -3.11. The topological polar surface area (TPSA) is 248 Å². The van der Waals surface area contributed by atoms with Crippen molar-refractivity contribution in [1.29, 1.82) is 0 Å². The first-order valence-electron chi connectivity index (χ1n) is 31.1. The number of carbonyl (C=O) groups is 7. The van der Waals surface area contributed by atoms with Crippen molar-refractivity contribution in [2.24, 2.45) is 69.0 Å². The fourth-order valence-corrected chi connectivity index (χ4v) is 16.6. The van der Waals surface area contributed by atoms with Crippen molar-refractivity contribution in [1.82, 2.24) is 0 Å². The van der Waals surface area contributed by atoms with Gasteiger partial charge in [0.25, 0.3) is 10.1 Å². The molecule has 3 heterocycles. The summed E-state index contributed by atoms with van der Waals surface area (Å²) in [6.45, 7) is 26.2. The zero-order valence-corrected chi connectivity index (χ0v) is 52.7. The third kappa shape index (κ3) is 14.5. The number of ether oxygens (including phenoxy) is 7. The van der Waals surface area contributed by atoms with Crippen molar-refractivity contribution in [3.05, 3.63) is 0 Å². The predicted octanol–water partition coefficient (Wildman–Crippen LogP) is 10.2. The molecule has 3 aliphatic heterocycles. The van der Waals surface area contributed by atoms with Crippen LogP contribution in [0.1, 0.15) is 225 Å². The Morgan fingerprint density at radius 2 is 1.10 bits per heavy atom. The van der Waals surface area contributed by atoms with Crippen molar-refractivity contribution in [3.63, 3.8) is 0 Å². The minimum atomic E-state index is -3.53. The Morgan fingerprint density at radius 3 is 1.60 bits per heavy atom. The van der Waals surface area contributed by atoms with Gasteiger partial charge >= 0.3 is 41.8 Å². The standard InChI is InChI=1S/C18H26O6.C16H26O3.C15H22O7S.C14H26O2/c1-4-18(2,3)17(21)22-9-14(19)24-15-11-5-10-6-12(8-11)16(20)23-13(15)7-10;1-4-14(2,3)13(17)19-16-8-11-5-12(9-16)7-15(18,6-11)10-16;1-4-15(2,3)14(17)20-7-11(16)21-12-8-5-9-10(6-8)23(18,19)22-13(9)12;1-6-13(4,5)12(15)16-14(11(2)3)9-7-8-10-14/h10-13,15H,4-9H2,1-3H3;11-12,18H,4-10H2,1-3H3;8-10,12-13H,4-7H2,1-3H3;11H,6-10H2,1-5H3. The normalized spacial score (nSPS) is 34.7. The van der Waals surface area contributed by atoms with E-state index < -0.39 is 86.0 Å². The van der Waals surface area contributed by atoms with Gasteiger partial charge in [-0.25, -0.2) is 9.59 Å². The lowest BCUT2D eigenvalue weighted by atomic mass is 9.52. The molecule has 12 aliphatic rings. The molecular formula is C63H100O18S. The Kier molecular flexibility index (Phi) is 19.9. The van der Waals surface area contributed by atoms with E-state index in [2.05, 4.69) is 13.8 Å². The largest absolute Gasteiger partial charge is 0.459 e. The number of aliphatic hydroxyl groups is 1. The quantitative estimate of drug-likeness (QED) is 0.0808. The fourth-order valence-electron chi connectivity index (χ4n) is 14.7. The van der Waals surface area contributed by atoms with Crippen LogP contribution < -0.4 is 0 Å². The highest BCUT2D eigenvalue weighted by Crippen LogP contribution is 2.60. The lowest BCUT2D eigenvalue weighted by Crippen LogP contribution is -2.61. The van der Waals surface area contributed by atoms with E-state index in [0.717, 1.165) is 77.0 Å². The maximum Gasteiger partial charge on any atom is 0.344 e. The lowest BCUT2D eigenvalue weighted by Gasteiger charge is -2.59.